The van der Waals surface area contributed by atoms with Crippen LogP contribution in [0.5, 0.6) is 0 Å². The van der Waals surface area contributed by atoms with E-state index < -0.39 is 0 Å². The summed E-state index contributed by atoms with van der Waals surface area (Å²) < 4.78 is 0. The van der Waals surface area contributed by atoms with E-state index in [-0.39, 0.29) is 11.9 Å². The summed E-state index contributed by atoms with van der Waals surface area (Å²) in [6.07, 6.45) is 0.988. The first-order valence-electron chi connectivity index (χ1n) is 8.81. The fourth-order valence-corrected chi connectivity index (χ4v) is 2.97. The van der Waals surface area contributed by atoms with E-state index in [1.807, 2.05) is 30.3 Å². The molecule has 0 aliphatic rings. The molecule has 0 radical (unpaired) electrons. The summed E-state index contributed by atoms with van der Waals surface area (Å²) in [4.78, 5) is 13.5. The van der Waals surface area contributed by atoms with Gasteiger partial charge in [0.2, 0.25) is 0 Å². The highest BCUT2D eigenvalue weighted by molar-refractivity contribution is 7.80. The highest BCUT2D eigenvalue weighted by atomic mass is 32.1. The Balaban J connectivity index is 2.02. The van der Waals surface area contributed by atoms with Crippen LogP contribution in [0.25, 0.3) is 0 Å². The average Bonchev–Trinajstić information content (AvgIpc) is 2.61. The number of anilines is 1. The first-order valence-corrected chi connectivity index (χ1v) is 9.22. The highest BCUT2D eigenvalue weighted by Crippen LogP contribution is 2.21. The summed E-state index contributed by atoms with van der Waals surface area (Å²) in [6, 6.07) is 17.8. The zero-order valence-electron chi connectivity index (χ0n) is 15.8. The maximum Gasteiger partial charge on any atom is 0.253 e. The van der Waals surface area contributed by atoms with Gasteiger partial charge in [0.05, 0.1) is 6.04 Å². The molecule has 5 heteroatoms. The minimum atomic E-state index is -0.0154. The molecule has 26 heavy (non-hydrogen) atoms. The summed E-state index contributed by atoms with van der Waals surface area (Å²) in [5, 5.41) is 7.20. The Kier molecular flexibility index (Phi) is 7.16. The van der Waals surface area contributed by atoms with Crippen LogP contribution in [-0.4, -0.2) is 30.0 Å². The first-order chi connectivity index (χ1) is 12.4. The molecule has 2 N–H and O–H groups in total. The van der Waals surface area contributed by atoms with Crippen molar-refractivity contribution >= 4 is 28.9 Å². The highest BCUT2D eigenvalue weighted by Gasteiger charge is 2.14. The van der Waals surface area contributed by atoms with E-state index in [2.05, 4.69) is 36.6 Å². The van der Waals surface area contributed by atoms with E-state index in [1.54, 1.807) is 31.1 Å². The Bertz CT molecular complexity index is 727. The van der Waals surface area contributed by atoms with Crippen molar-refractivity contribution < 1.29 is 4.79 Å². The van der Waals surface area contributed by atoms with Gasteiger partial charge in [0.1, 0.15) is 0 Å². The van der Waals surface area contributed by atoms with Gasteiger partial charge in [0, 0.05) is 25.3 Å². The van der Waals surface area contributed by atoms with Gasteiger partial charge in [-0.2, -0.15) is 0 Å². The molecule has 4 nitrogen and oxygen atoms in total. The van der Waals surface area contributed by atoms with Gasteiger partial charge in [-0.05, 0) is 54.4 Å². The molecule has 0 fully saturated rings. The van der Waals surface area contributed by atoms with Crippen LogP contribution < -0.4 is 10.6 Å². The Hall–Kier alpha value is -2.40. The van der Waals surface area contributed by atoms with Crippen molar-refractivity contribution in [2.75, 3.05) is 19.4 Å². The van der Waals surface area contributed by atoms with Crippen molar-refractivity contribution in [2.24, 2.45) is 5.92 Å². The summed E-state index contributed by atoms with van der Waals surface area (Å²) >= 11 is 5.49. The van der Waals surface area contributed by atoms with Gasteiger partial charge in [-0.25, -0.2) is 0 Å². The lowest BCUT2D eigenvalue weighted by Crippen LogP contribution is -2.33. The van der Waals surface area contributed by atoms with Crippen molar-refractivity contribution in [1.82, 2.24) is 10.2 Å². The molecule has 0 bridgehead atoms. The Labute approximate surface area is 161 Å². The van der Waals surface area contributed by atoms with Crippen LogP contribution in [0.3, 0.4) is 0 Å². The van der Waals surface area contributed by atoms with Crippen molar-refractivity contribution in [2.45, 2.75) is 26.3 Å². The van der Waals surface area contributed by atoms with E-state index in [0.29, 0.717) is 16.6 Å². The van der Waals surface area contributed by atoms with E-state index >= 15 is 0 Å². The molecule has 2 aromatic carbocycles. The number of nitrogens with zero attached hydrogens (tertiary/aromatic N) is 1. The number of amides is 1. The van der Waals surface area contributed by atoms with Gasteiger partial charge in [-0.1, -0.05) is 44.2 Å². The molecule has 138 valence electrons. The number of hydrogen-bond acceptors (Lipinski definition) is 2. The van der Waals surface area contributed by atoms with Gasteiger partial charge >= 0.3 is 0 Å². The number of hydrogen-bond donors (Lipinski definition) is 2. The number of carbonyl (C=O) groups is 1. The predicted octanol–water partition coefficient (Wildman–Crippen LogP) is 4.46. The molecular formula is C21H27N3OS. The third-order valence-corrected chi connectivity index (χ3v) is 4.23. The quantitative estimate of drug-likeness (QED) is 0.738. The fourth-order valence-electron chi connectivity index (χ4n) is 2.71. The standard InChI is InChI=1S/C21H27N3OS/c1-15(2)14-19(16-8-6-5-7-9-16)23-21(26)22-18-12-10-17(11-13-18)20(25)24(3)4/h5-13,15,19H,14H2,1-4H3,(H2,22,23,26). The second kappa shape index (κ2) is 9.34. The zero-order valence-corrected chi connectivity index (χ0v) is 16.6. The molecule has 2 rings (SSSR count). The molecule has 2 aromatic rings. The number of carbonyl (C=O) groups excluding carboxylic acids is 1. The third kappa shape index (κ3) is 5.85. The summed E-state index contributed by atoms with van der Waals surface area (Å²) in [5.74, 6) is 0.533. The van der Waals surface area contributed by atoms with Gasteiger partial charge in [0.25, 0.3) is 5.91 Å². The Morgan fingerprint density at radius 2 is 1.65 bits per heavy atom. The van der Waals surface area contributed by atoms with Crippen LogP contribution in [0.15, 0.2) is 54.6 Å². The minimum absolute atomic E-state index is 0.0154. The van der Waals surface area contributed by atoms with E-state index in [4.69, 9.17) is 12.2 Å². The average molecular weight is 370 g/mol. The van der Waals surface area contributed by atoms with E-state index in [0.717, 1.165) is 12.1 Å². The van der Waals surface area contributed by atoms with Crippen LogP contribution in [0, 0.1) is 5.92 Å². The SMILES string of the molecule is CC(C)CC(NC(=S)Nc1ccc(C(=O)N(C)C)cc1)c1ccccc1. The van der Waals surface area contributed by atoms with Crippen molar-refractivity contribution in [3.05, 3.63) is 65.7 Å². The zero-order chi connectivity index (χ0) is 19.1. The monoisotopic (exact) mass is 369 g/mol. The molecule has 0 saturated heterocycles. The van der Waals surface area contributed by atoms with E-state index in [9.17, 15) is 4.79 Å². The predicted molar refractivity (Wildman–Crippen MR) is 112 cm³/mol. The number of thiocarbonyl (C=S) groups is 1. The Morgan fingerprint density at radius 1 is 1.04 bits per heavy atom. The fraction of sp³-hybridized carbons (Fsp3) is 0.333. The third-order valence-electron chi connectivity index (χ3n) is 4.01. The van der Waals surface area contributed by atoms with Gasteiger partial charge in [-0.15, -0.1) is 0 Å². The molecule has 1 amide bonds. The maximum atomic E-state index is 12.0. The van der Waals surface area contributed by atoms with Crippen LogP contribution >= 0.6 is 12.2 Å². The lowest BCUT2D eigenvalue weighted by molar-refractivity contribution is 0.0827. The molecule has 0 aromatic heterocycles. The smallest absolute Gasteiger partial charge is 0.253 e. The molecular weight excluding hydrogens is 342 g/mol. The molecule has 1 atom stereocenters. The second-order valence-corrected chi connectivity index (χ2v) is 7.38. The number of nitrogens with one attached hydrogen (secondary N) is 2. The lowest BCUT2D eigenvalue weighted by Gasteiger charge is -2.23. The van der Waals surface area contributed by atoms with Crippen LogP contribution in [-0.2, 0) is 0 Å². The van der Waals surface area contributed by atoms with Crippen molar-refractivity contribution in [3.8, 4) is 0 Å². The molecule has 0 heterocycles. The van der Waals surface area contributed by atoms with Gasteiger partial charge in [0.15, 0.2) is 5.11 Å². The largest absolute Gasteiger partial charge is 0.356 e. The lowest BCUT2D eigenvalue weighted by atomic mass is 9.97. The summed E-state index contributed by atoms with van der Waals surface area (Å²) in [5.41, 5.74) is 2.73. The summed E-state index contributed by atoms with van der Waals surface area (Å²) in [6.45, 7) is 4.41. The maximum absolute atomic E-state index is 12.0. The summed E-state index contributed by atoms with van der Waals surface area (Å²) in [7, 11) is 3.48. The second-order valence-electron chi connectivity index (χ2n) is 6.97. The number of benzene rings is 2. The molecule has 0 saturated carbocycles. The minimum Gasteiger partial charge on any atom is -0.356 e. The van der Waals surface area contributed by atoms with Crippen LogP contribution in [0.1, 0.15) is 42.2 Å². The van der Waals surface area contributed by atoms with Crippen molar-refractivity contribution in [1.29, 1.82) is 0 Å². The van der Waals surface area contributed by atoms with Gasteiger partial charge < -0.3 is 15.5 Å². The molecule has 0 spiro atoms. The van der Waals surface area contributed by atoms with Crippen LogP contribution in [0.4, 0.5) is 5.69 Å². The van der Waals surface area contributed by atoms with Crippen molar-refractivity contribution in [3.63, 3.8) is 0 Å². The number of rotatable bonds is 6. The topological polar surface area (TPSA) is 44.4 Å². The first kappa shape index (κ1) is 19.9. The molecule has 0 aliphatic heterocycles. The van der Waals surface area contributed by atoms with Gasteiger partial charge in [-0.3, -0.25) is 4.79 Å². The van der Waals surface area contributed by atoms with Crippen LogP contribution in [0.2, 0.25) is 0 Å². The van der Waals surface area contributed by atoms with E-state index in [1.165, 1.54) is 5.56 Å². The normalized spacial score (nSPS) is 11.7. The molecule has 1 unspecified atom stereocenters. The molecule has 0 aliphatic carbocycles. The Morgan fingerprint density at radius 3 is 2.19 bits per heavy atom.